The van der Waals surface area contributed by atoms with Crippen LogP contribution in [0.25, 0.3) is 0 Å². The number of aliphatic carboxylic acids is 1. The molecule has 1 fully saturated rings. The number of carboxylic acid groups (broad SMARTS) is 1. The monoisotopic (exact) mass is 523 g/mol. The molecule has 0 bridgehead atoms. The predicted molar refractivity (Wildman–Crippen MR) is 126 cm³/mol. The fourth-order valence-electron chi connectivity index (χ4n) is 3.31. The van der Waals surface area contributed by atoms with E-state index in [4.69, 9.17) is 17.2 Å². The number of nitrogen functional groups attached to an aromatic ring is 3. The van der Waals surface area contributed by atoms with Gasteiger partial charge in [0.1, 0.15) is 33.7 Å². The number of carboxylic acids is 1. The van der Waals surface area contributed by atoms with E-state index in [2.05, 4.69) is 25.4 Å². The van der Waals surface area contributed by atoms with Gasteiger partial charge < -0.3 is 32.8 Å². The number of amides is 2. The third kappa shape index (κ3) is 4.44. The van der Waals surface area contributed by atoms with Crippen molar-refractivity contribution in [2.75, 3.05) is 28.7 Å². The van der Waals surface area contributed by atoms with E-state index in [0.29, 0.717) is 16.4 Å². The van der Waals surface area contributed by atoms with Crippen LogP contribution in [0.15, 0.2) is 32.9 Å². The number of oxime groups is 1. The van der Waals surface area contributed by atoms with E-state index in [0.717, 1.165) is 16.2 Å². The van der Waals surface area contributed by atoms with Crippen LogP contribution in [0.3, 0.4) is 0 Å². The Morgan fingerprint density at radius 1 is 1.29 bits per heavy atom. The number of thioether (sulfide) groups is 2. The lowest BCUT2D eigenvalue weighted by Gasteiger charge is -2.49. The van der Waals surface area contributed by atoms with Gasteiger partial charge in [-0.05, 0) is 5.57 Å². The zero-order chi connectivity index (χ0) is 24.6. The van der Waals surface area contributed by atoms with Crippen LogP contribution in [0.1, 0.15) is 5.69 Å². The first-order chi connectivity index (χ1) is 16.2. The van der Waals surface area contributed by atoms with Crippen LogP contribution in [0, 0.1) is 0 Å². The summed E-state index contributed by atoms with van der Waals surface area (Å²) in [6, 6.07) is 0.507. The Morgan fingerprint density at radius 2 is 2.06 bits per heavy atom. The van der Waals surface area contributed by atoms with E-state index in [1.54, 1.807) is 0 Å². The van der Waals surface area contributed by atoms with Gasteiger partial charge in [-0.1, -0.05) is 5.16 Å². The number of nitrogens with two attached hydrogens (primary N) is 3. The zero-order valence-corrected chi connectivity index (χ0v) is 19.5. The highest BCUT2D eigenvalue weighted by Crippen LogP contribution is 2.41. The largest absolute Gasteiger partial charge is 0.477 e. The normalized spacial score (nSPS) is 20.1. The van der Waals surface area contributed by atoms with Gasteiger partial charge in [-0.15, -0.1) is 34.9 Å². The highest BCUT2D eigenvalue weighted by atomic mass is 32.2. The second-order valence-electron chi connectivity index (χ2n) is 6.92. The lowest BCUT2D eigenvalue weighted by molar-refractivity contribution is -0.150. The van der Waals surface area contributed by atoms with Gasteiger partial charge in [0, 0.05) is 23.0 Å². The van der Waals surface area contributed by atoms with E-state index in [1.165, 1.54) is 35.0 Å². The molecule has 2 aliphatic rings. The van der Waals surface area contributed by atoms with Gasteiger partial charge >= 0.3 is 5.97 Å². The van der Waals surface area contributed by atoms with E-state index in [-0.39, 0.29) is 34.0 Å². The van der Waals surface area contributed by atoms with Gasteiger partial charge in [0.25, 0.3) is 11.8 Å². The fraction of sp³-hybridized carbons (Fsp3) is 0.235. The summed E-state index contributed by atoms with van der Waals surface area (Å²) < 4.78 is 0. The fourth-order valence-corrected chi connectivity index (χ4v) is 6.26. The highest BCUT2D eigenvalue weighted by Gasteiger charge is 2.54. The Morgan fingerprint density at radius 3 is 2.68 bits per heavy atom. The van der Waals surface area contributed by atoms with Crippen molar-refractivity contribution in [3.05, 3.63) is 28.4 Å². The predicted octanol–water partition coefficient (Wildman–Crippen LogP) is -0.611. The molecule has 2 aliphatic heterocycles. The third-order valence-electron chi connectivity index (χ3n) is 4.75. The smallest absolute Gasteiger partial charge is 0.352 e. The number of fused-ring (bicyclic) bond motifs is 1. The van der Waals surface area contributed by atoms with Crippen LogP contribution in [0.5, 0.6) is 0 Å². The summed E-state index contributed by atoms with van der Waals surface area (Å²) in [5.41, 5.74) is 16.8. The third-order valence-corrected chi connectivity index (χ3v) is 7.76. The summed E-state index contributed by atoms with van der Waals surface area (Å²) in [6.45, 7) is 0. The molecule has 17 heteroatoms. The summed E-state index contributed by atoms with van der Waals surface area (Å²) >= 11 is 3.56. The number of nitrogens with zero attached hydrogens (tertiary/aromatic N) is 5. The molecular formula is C17H17N9O5S3. The summed E-state index contributed by atoms with van der Waals surface area (Å²) in [6.07, 6.45) is 0. The molecule has 4 rings (SSSR count). The molecule has 2 aromatic heterocycles. The van der Waals surface area contributed by atoms with Gasteiger partial charge in [-0.25, -0.2) is 14.8 Å². The lowest BCUT2D eigenvalue weighted by atomic mass is 10.0. The molecule has 2 aromatic rings. The van der Waals surface area contributed by atoms with Gasteiger partial charge in [0.05, 0.1) is 0 Å². The number of β-lactam (4-membered cyclic amide) rings is 1. The minimum Gasteiger partial charge on any atom is -0.477 e. The summed E-state index contributed by atoms with van der Waals surface area (Å²) in [7, 11) is 0. The average molecular weight is 524 g/mol. The lowest BCUT2D eigenvalue weighted by Crippen LogP contribution is -2.71. The topological polar surface area (TPSA) is 236 Å². The summed E-state index contributed by atoms with van der Waals surface area (Å²) in [4.78, 5) is 50.2. The molecule has 9 N–H and O–H groups in total. The number of hydrogen-bond donors (Lipinski definition) is 6. The van der Waals surface area contributed by atoms with E-state index < -0.39 is 34.9 Å². The number of anilines is 3. The molecule has 4 heterocycles. The highest BCUT2D eigenvalue weighted by molar-refractivity contribution is 8.01. The standard InChI is InChI=1S/C17H17N9O5S3/c18-7-1-8(23-16(19)22-7)32-2-5-3-33-14-10(13(28)26(14)11(5)15(29)30)24-12(27)9(25-31)6-4-34-17(20)21-6/h1,4,10,14,31H,2-3H2,(H2,20,21)(H,24,27)(H,29,30)(H4,18,19,22,23)/b25-9-/t10-,14-/m1/s1. The van der Waals surface area contributed by atoms with Crippen molar-refractivity contribution in [1.82, 2.24) is 25.2 Å². The Kier molecular flexibility index (Phi) is 6.49. The maximum atomic E-state index is 12.8. The molecule has 0 aromatic carbocycles. The van der Waals surface area contributed by atoms with Gasteiger partial charge in [-0.2, -0.15) is 4.98 Å². The first kappa shape index (κ1) is 23.6. The first-order valence-corrected chi connectivity index (χ1v) is 12.3. The number of carbonyl (C=O) groups is 3. The van der Waals surface area contributed by atoms with Gasteiger partial charge in [0.15, 0.2) is 10.8 Å². The molecule has 2 amide bonds. The van der Waals surface area contributed by atoms with Crippen LogP contribution in [0.2, 0.25) is 0 Å². The van der Waals surface area contributed by atoms with Crippen LogP contribution in [-0.4, -0.2) is 76.6 Å². The Hall–Kier alpha value is -3.57. The molecule has 2 atom stereocenters. The number of aromatic nitrogens is 3. The Balaban J connectivity index is 1.48. The van der Waals surface area contributed by atoms with Crippen LogP contribution in [-0.2, 0) is 14.4 Å². The quantitative estimate of drug-likeness (QED) is 0.0664. The number of hydrogen-bond acceptors (Lipinski definition) is 14. The van der Waals surface area contributed by atoms with Crippen molar-refractivity contribution in [1.29, 1.82) is 0 Å². The number of rotatable bonds is 7. The Labute approximate surface area is 203 Å². The molecule has 178 valence electrons. The minimum atomic E-state index is -1.27. The number of thiazole rings is 1. The molecule has 14 nitrogen and oxygen atoms in total. The molecule has 0 radical (unpaired) electrons. The van der Waals surface area contributed by atoms with Crippen LogP contribution in [0.4, 0.5) is 16.9 Å². The van der Waals surface area contributed by atoms with Crippen LogP contribution >= 0.6 is 34.9 Å². The van der Waals surface area contributed by atoms with Crippen molar-refractivity contribution in [3.63, 3.8) is 0 Å². The summed E-state index contributed by atoms with van der Waals surface area (Å²) in [5.74, 6) is -2.00. The molecule has 0 saturated carbocycles. The van der Waals surface area contributed by atoms with Crippen molar-refractivity contribution < 1.29 is 24.7 Å². The average Bonchev–Trinajstić information content (AvgIpc) is 3.20. The molecular weight excluding hydrogens is 506 g/mol. The SMILES string of the molecule is Nc1cc(SCC2=C(C(=O)O)N3C(=O)[C@@H](NC(=O)/C(=N\O)c4csc(N)n4)[C@H]3SC2)nc(N)n1. The van der Waals surface area contributed by atoms with Crippen molar-refractivity contribution in [3.8, 4) is 0 Å². The number of nitrogens with one attached hydrogen (secondary N) is 1. The second-order valence-corrected chi connectivity index (χ2v) is 9.91. The summed E-state index contributed by atoms with van der Waals surface area (Å²) in [5, 5.41) is 25.9. The first-order valence-electron chi connectivity index (χ1n) is 9.36. The minimum absolute atomic E-state index is 0.00403. The van der Waals surface area contributed by atoms with Crippen molar-refractivity contribution in [2.24, 2.45) is 5.16 Å². The van der Waals surface area contributed by atoms with E-state index in [1.807, 2.05) is 0 Å². The molecule has 0 aliphatic carbocycles. The van der Waals surface area contributed by atoms with E-state index >= 15 is 0 Å². The maximum Gasteiger partial charge on any atom is 0.352 e. The van der Waals surface area contributed by atoms with E-state index in [9.17, 15) is 24.7 Å². The van der Waals surface area contributed by atoms with Gasteiger partial charge in [-0.3, -0.25) is 14.5 Å². The molecule has 0 unspecified atom stereocenters. The second kappa shape index (κ2) is 9.35. The molecule has 0 spiro atoms. The Bertz CT molecular complexity index is 1230. The molecule has 34 heavy (non-hydrogen) atoms. The van der Waals surface area contributed by atoms with Crippen molar-refractivity contribution in [2.45, 2.75) is 16.4 Å². The van der Waals surface area contributed by atoms with Crippen LogP contribution < -0.4 is 22.5 Å². The maximum absolute atomic E-state index is 12.8. The number of carbonyl (C=O) groups excluding carboxylic acids is 2. The zero-order valence-electron chi connectivity index (χ0n) is 17.0. The molecule has 1 saturated heterocycles. The van der Waals surface area contributed by atoms with Gasteiger partial charge in [0.2, 0.25) is 5.95 Å². The van der Waals surface area contributed by atoms with Crippen molar-refractivity contribution >= 4 is 75.3 Å².